The van der Waals surface area contributed by atoms with Gasteiger partial charge in [-0.1, -0.05) is 12.1 Å². The van der Waals surface area contributed by atoms with Gasteiger partial charge < -0.3 is 15.5 Å². The van der Waals surface area contributed by atoms with Crippen molar-refractivity contribution in [2.45, 2.75) is 26.3 Å². The Balaban J connectivity index is 0.00000288. The van der Waals surface area contributed by atoms with Gasteiger partial charge in [0.15, 0.2) is 5.96 Å². The van der Waals surface area contributed by atoms with Gasteiger partial charge in [0.25, 0.3) is 0 Å². The zero-order valence-corrected chi connectivity index (χ0v) is 16.5. The van der Waals surface area contributed by atoms with Gasteiger partial charge in [-0.05, 0) is 37.5 Å². The van der Waals surface area contributed by atoms with Crippen LogP contribution in [0.2, 0.25) is 0 Å². The van der Waals surface area contributed by atoms with Crippen LogP contribution < -0.4 is 10.6 Å². The van der Waals surface area contributed by atoms with Crippen LogP contribution in [0.15, 0.2) is 29.3 Å². The molecule has 2 rings (SSSR count). The molecule has 134 valence electrons. The predicted molar refractivity (Wildman–Crippen MR) is 105 cm³/mol. The van der Waals surface area contributed by atoms with Crippen LogP contribution in [-0.4, -0.2) is 43.4 Å². The maximum Gasteiger partial charge on any atom is 0.223 e. The van der Waals surface area contributed by atoms with Gasteiger partial charge in [-0.15, -0.1) is 24.0 Å². The number of guanidine groups is 1. The summed E-state index contributed by atoms with van der Waals surface area (Å²) in [5, 5.41) is 6.11. The third-order valence-electron chi connectivity index (χ3n) is 3.63. The predicted octanol–water partition coefficient (Wildman–Crippen LogP) is 2.37. The van der Waals surface area contributed by atoms with Crippen LogP contribution in [0.25, 0.3) is 0 Å². The molecule has 0 aromatic heterocycles. The summed E-state index contributed by atoms with van der Waals surface area (Å²) in [6.45, 7) is 4.38. The molecule has 0 saturated heterocycles. The number of hydrogen-bond donors (Lipinski definition) is 2. The van der Waals surface area contributed by atoms with Gasteiger partial charge in [-0.25, -0.2) is 4.39 Å². The van der Waals surface area contributed by atoms with E-state index >= 15 is 0 Å². The summed E-state index contributed by atoms with van der Waals surface area (Å²) in [5.74, 6) is 0.874. The van der Waals surface area contributed by atoms with Gasteiger partial charge in [0.1, 0.15) is 5.82 Å². The van der Waals surface area contributed by atoms with E-state index in [1.54, 1.807) is 6.07 Å². The number of carbonyl (C=O) groups is 1. The molecule has 24 heavy (non-hydrogen) atoms. The number of rotatable bonds is 7. The molecule has 2 N–H and O–H groups in total. The largest absolute Gasteiger partial charge is 0.357 e. The molecule has 1 fully saturated rings. The van der Waals surface area contributed by atoms with E-state index in [2.05, 4.69) is 15.6 Å². The summed E-state index contributed by atoms with van der Waals surface area (Å²) in [6.07, 6.45) is 2.02. The molecule has 0 bridgehead atoms. The van der Waals surface area contributed by atoms with Crippen molar-refractivity contribution >= 4 is 35.8 Å². The summed E-state index contributed by atoms with van der Waals surface area (Å²) in [4.78, 5) is 18.0. The number of nitrogens with zero attached hydrogens (tertiary/aromatic N) is 2. The SMILES string of the molecule is CCNC(=NCCNC(=O)C1CC1)N(C)Cc1cccc(F)c1.I. The van der Waals surface area contributed by atoms with Crippen molar-refractivity contribution < 1.29 is 9.18 Å². The third kappa shape index (κ3) is 7.02. The Labute approximate surface area is 160 Å². The topological polar surface area (TPSA) is 56.7 Å². The first kappa shape index (κ1) is 20.7. The molecule has 1 aromatic carbocycles. The minimum absolute atomic E-state index is 0. The molecule has 0 aliphatic heterocycles. The van der Waals surface area contributed by atoms with Crippen molar-refractivity contribution in [3.8, 4) is 0 Å². The average Bonchev–Trinajstić information content (AvgIpc) is 3.35. The third-order valence-corrected chi connectivity index (χ3v) is 3.63. The Kier molecular flexibility index (Phi) is 9.02. The van der Waals surface area contributed by atoms with Crippen LogP contribution in [0.5, 0.6) is 0 Å². The molecule has 0 atom stereocenters. The van der Waals surface area contributed by atoms with Crippen LogP contribution in [0, 0.1) is 11.7 Å². The Bertz CT molecular complexity index is 563. The van der Waals surface area contributed by atoms with Crippen molar-refractivity contribution in [1.29, 1.82) is 0 Å². The van der Waals surface area contributed by atoms with Crippen molar-refractivity contribution in [2.24, 2.45) is 10.9 Å². The molecule has 7 heteroatoms. The fourth-order valence-corrected chi connectivity index (χ4v) is 2.28. The number of carbonyl (C=O) groups excluding carboxylic acids is 1. The van der Waals surface area contributed by atoms with Gasteiger partial charge >= 0.3 is 0 Å². The monoisotopic (exact) mass is 448 g/mol. The summed E-state index contributed by atoms with van der Waals surface area (Å²) >= 11 is 0. The number of halogens is 2. The quantitative estimate of drug-likeness (QED) is 0.292. The molecule has 1 aliphatic rings. The average molecular weight is 448 g/mol. The van der Waals surface area contributed by atoms with Crippen molar-refractivity contribution in [3.63, 3.8) is 0 Å². The summed E-state index contributed by atoms with van der Waals surface area (Å²) < 4.78 is 13.3. The van der Waals surface area contributed by atoms with Crippen LogP contribution >= 0.6 is 24.0 Å². The first-order chi connectivity index (χ1) is 11.1. The lowest BCUT2D eigenvalue weighted by atomic mass is 10.2. The number of nitrogens with one attached hydrogen (secondary N) is 2. The second-order valence-corrected chi connectivity index (χ2v) is 5.79. The Morgan fingerprint density at radius 2 is 2.12 bits per heavy atom. The van der Waals surface area contributed by atoms with Gasteiger partial charge in [0.05, 0.1) is 6.54 Å². The van der Waals surface area contributed by atoms with Gasteiger partial charge in [0, 0.05) is 32.6 Å². The van der Waals surface area contributed by atoms with E-state index in [4.69, 9.17) is 0 Å². The van der Waals surface area contributed by atoms with Gasteiger partial charge in [-0.2, -0.15) is 0 Å². The fraction of sp³-hybridized carbons (Fsp3) is 0.529. The zero-order valence-electron chi connectivity index (χ0n) is 14.2. The molecule has 1 saturated carbocycles. The van der Waals surface area contributed by atoms with E-state index in [-0.39, 0.29) is 41.6 Å². The first-order valence-corrected chi connectivity index (χ1v) is 8.11. The number of benzene rings is 1. The fourth-order valence-electron chi connectivity index (χ4n) is 2.28. The molecule has 0 spiro atoms. The zero-order chi connectivity index (χ0) is 16.7. The summed E-state index contributed by atoms with van der Waals surface area (Å²) in [6, 6.07) is 6.55. The Morgan fingerprint density at radius 3 is 2.75 bits per heavy atom. The smallest absolute Gasteiger partial charge is 0.223 e. The number of hydrogen-bond acceptors (Lipinski definition) is 2. The highest BCUT2D eigenvalue weighted by Gasteiger charge is 2.28. The molecule has 0 unspecified atom stereocenters. The van der Waals surface area contributed by atoms with E-state index in [0.717, 1.165) is 30.9 Å². The normalized spacial score (nSPS) is 13.9. The molecule has 0 radical (unpaired) electrons. The van der Waals surface area contributed by atoms with Gasteiger partial charge in [-0.3, -0.25) is 9.79 Å². The molecule has 0 heterocycles. The first-order valence-electron chi connectivity index (χ1n) is 8.11. The van der Waals surface area contributed by atoms with E-state index in [0.29, 0.717) is 19.6 Å². The highest BCUT2D eigenvalue weighted by Crippen LogP contribution is 2.28. The van der Waals surface area contributed by atoms with Crippen LogP contribution in [0.1, 0.15) is 25.3 Å². The minimum atomic E-state index is -0.236. The van der Waals surface area contributed by atoms with Crippen LogP contribution in [0.3, 0.4) is 0 Å². The van der Waals surface area contributed by atoms with E-state index in [1.807, 2.05) is 24.9 Å². The minimum Gasteiger partial charge on any atom is -0.357 e. The second-order valence-electron chi connectivity index (χ2n) is 5.79. The molecule has 5 nitrogen and oxygen atoms in total. The van der Waals surface area contributed by atoms with E-state index < -0.39 is 0 Å². The molecular formula is C17H26FIN4O. The summed E-state index contributed by atoms with van der Waals surface area (Å²) in [7, 11) is 1.91. The highest BCUT2D eigenvalue weighted by molar-refractivity contribution is 14.0. The Hall–Kier alpha value is -1.38. The Morgan fingerprint density at radius 1 is 1.38 bits per heavy atom. The molecule has 1 amide bonds. The van der Waals surface area contributed by atoms with Crippen molar-refractivity contribution in [1.82, 2.24) is 15.5 Å². The maximum atomic E-state index is 13.3. The lowest BCUT2D eigenvalue weighted by Crippen LogP contribution is -2.39. The number of amides is 1. The lowest BCUT2D eigenvalue weighted by Gasteiger charge is -2.22. The lowest BCUT2D eigenvalue weighted by molar-refractivity contribution is -0.122. The van der Waals surface area contributed by atoms with E-state index in [1.165, 1.54) is 12.1 Å². The standard InChI is InChI=1S/C17H25FN4O.HI/c1-3-19-17(21-10-9-20-16(23)14-7-8-14)22(2)12-13-5-4-6-15(18)11-13;/h4-6,11,14H,3,7-10,12H2,1-2H3,(H,19,21)(H,20,23);1H. The van der Waals surface area contributed by atoms with E-state index in [9.17, 15) is 9.18 Å². The maximum absolute atomic E-state index is 13.3. The summed E-state index contributed by atoms with van der Waals surface area (Å²) in [5.41, 5.74) is 0.889. The molecule has 1 aromatic rings. The van der Waals surface area contributed by atoms with Crippen molar-refractivity contribution in [3.05, 3.63) is 35.6 Å². The highest BCUT2D eigenvalue weighted by atomic mass is 127. The molecular weight excluding hydrogens is 422 g/mol. The van der Waals surface area contributed by atoms with Crippen molar-refractivity contribution in [2.75, 3.05) is 26.7 Å². The molecule has 1 aliphatic carbocycles. The van der Waals surface area contributed by atoms with Crippen LogP contribution in [-0.2, 0) is 11.3 Å². The second kappa shape index (κ2) is 10.5. The van der Waals surface area contributed by atoms with Crippen LogP contribution in [0.4, 0.5) is 4.39 Å². The number of aliphatic imine (C=N–C) groups is 1. The van der Waals surface area contributed by atoms with Gasteiger partial charge in [0.2, 0.25) is 5.91 Å².